The summed E-state index contributed by atoms with van der Waals surface area (Å²) < 4.78 is 2.60. The zero-order valence-corrected chi connectivity index (χ0v) is 13.5. The minimum absolute atomic E-state index is 0.207. The van der Waals surface area contributed by atoms with Gasteiger partial charge in [0.15, 0.2) is 0 Å². The van der Waals surface area contributed by atoms with E-state index in [-0.39, 0.29) is 5.69 Å². The fourth-order valence-corrected chi connectivity index (χ4v) is 2.87. The molecular weight excluding hydrogens is 328 g/mol. The molecule has 0 saturated carbocycles. The normalized spacial score (nSPS) is 11.0. The number of nitrogens with zero attached hydrogens (tertiary/aromatic N) is 2. The minimum atomic E-state index is -0.207. The molecule has 0 atom stereocenters. The number of fused-ring (bicyclic) bond motifs is 1. The van der Waals surface area contributed by atoms with E-state index in [1.807, 2.05) is 32.0 Å². The Kier molecular flexibility index (Phi) is 3.64. The van der Waals surface area contributed by atoms with Crippen LogP contribution >= 0.6 is 15.9 Å². The van der Waals surface area contributed by atoms with Crippen molar-refractivity contribution in [2.75, 3.05) is 0 Å². The largest absolute Gasteiger partial charge is 0.348 e. The monoisotopic (exact) mass is 342 g/mol. The second kappa shape index (κ2) is 5.45. The molecule has 3 nitrogen and oxygen atoms in total. The highest BCUT2D eigenvalue weighted by Gasteiger charge is 2.10. The fraction of sp³-hybridized carbons (Fsp3) is 0.176. The molecule has 0 aliphatic carbocycles. The van der Waals surface area contributed by atoms with Gasteiger partial charge in [-0.3, -0.25) is 4.57 Å². The number of rotatable bonds is 2. The van der Waals surface area contributed by atoms with Gasteiger partial charge in [0.25, 0.3) is 0 Å². The van der Waals surface area contributed by atoms with Gasteiger partial charge in [-0.05, 0) is 46.1 Å². The molecule has 1 aromatic heterocycles. The van der Waals surface area contributed by atoms with Crippen molar-refractivity contribution in [2.24, 2.45) is 0 Å². The summed E-state index contributed by atoms with van der Waals surface area (Å²) >= 11 is 3.51. The van der Waals surface area contributed by atoms with Crippen molar-refractivity contribution >= 4 is 26.7 Å². The van der Waals surface area contributed by atoms with Gasteiger partial charge in [-0.2, -0.15) is 4.98 Å². The van der Waals surface area contributed by atoms with E-state index in [0.29, 0.717) is 6.54 Å². The first-order chi connectivity index (χ1) is 10.1. The fourth-order valence-electron chi connectivity index (χ4n) is 2.56. The maximum atomic E-state index is 12.2. The third-order valence-electron chi connectivity index (χ3n) is 3.74. The first kappa shape index (κ1) is 14.0. The molecule has 0 saturated heterocycles. The van der Waals surface area contributed by atoms with Crippen molar-refractivity contribution < 1.29 is 0 Å². The average molecular weight is 343 g/mol. The zero-order valence-electron chi connectivity index (χ0n) is 11.9. The third kappa shape index (κ3) is 2.51. The molecular formula is C17H15BrN2O. The van der Waals surface area contributed by atoms with Crippen LogP contribution in [-0.2, 0) is 6.54 Å². The summed E-state index contributed by atoms with van der Waals surface area (Å²) in [5.74, 6) is 0. The number of benzene rings is 2. The van der Waals surface area contributed by atoms with Gasteiger partial charge in [-0.1, -0.05) is 42.5 Å². The molecule has 3 aromatic rings. The smallest absolute Gasteiger partial charge is 0.291 e. The Morgan fingerprint density at radius 3 is 2.62 bits per heavy atom. The van der Waals surface area contributed by atoms with Crippen molar-refractivity contribution in [1.82, 2.24) is 9.55 Å². The lowest BCUT2D eigenvalue weighted by molar-refractivity contribution is 0.691. The van der Waals surface area contributed by atoms with Crippen molar-refractivity contribution in [2.45, 2.75) is 20.4 Å². The number of aromatic nitrogens is 2. The summed E-state index contributed by atoms with van der Waals surface area (Å²) in [6.45, 7) is 4.30. The molecule has 21 heavy (non-hydrogen) atoms. The molecule has 0 N–H and O–H groups in total. The first-order valence-corrected chi connectivity index (χ1v) is 7.57. The van der Waals surface area contributed by atoms with Crippen LogP contribution in [-0.4, -0.2) is 9.55 Å². The Balaban J connectivity index is 2.16. The van der Waals surface area contributed by atoms with E-state index in [4.69, 9.17) is 0 Å². The van der Waals surface area contributed by atoms with Crippen LogP contribution in [0.1, 0.15) is 17.0 Å². The minimum Gasteiger partial charge on any atom is -0.291 e. The van der Waals surface area contributed by atoms with Gasteiger partial charge in [0, 0.05) is 5.69 Å². The van der Waals surface area contributed by atoms with Crippen LogP contribution < -0.4 is 5.69 Å². The van der Waals surface area contributed by atoms with Crippen molar-refractivity contribution in [1.29, 1.82) is 0 Å². The molecule has 106 valence electrons. The maximum absolute atomic E-state index is 12.2. The highest BCUT2D eigenvalue weighted by Crippen LogP contribution is 2.21. The Bertz CT molecular complexity index is 878. The zero-order chi connectivity index (χ0) is 15.0. The van der Waals surface area contributed by atoms with Gasteiger partial charge in [-0.25, -0.2) is 4.79 Å². The summed E-state index contributed by atoms with van der Waals surface area (Å²) in [4.78, 5) is 16.3. The highest BCUT2D eigenvalue weighted by molar-refractivity contribution is 9.10. The lowest BCUT2D eigenvalue weighted by Crippen LogP contribution is -2.27. The second-order valence-electron chi connectivity index (χ2n) is 5.10. The summed E-state index contributed by atoms with van der Waals surface area (Å²) in [6.07, 6.45) is 0. The lowest BCUT2D eigenvalue weighted by atomic mass is 10.0. The molecule has 0 aliphatic rings. The van der Waals surface area contributed by atoms with Gasteiger partial charge in [0.05, 0.1) is 16.7 Å². The molecule has 0 fully saturated rings. The Morgan fingerprint density at radius 2 is 1.81 bits per heavy atom. The van der Waals surface area contributed by atoms with Crippen molar-refractivity contribution in [3.63, 3.8) is 0 Å². The molecule has 1 heterocycles. The van der Waals surface area contributed by atoms with Crippen LogP contribution in [0.2, 0.25) is 0 Å². The molecule has 0 bridgehead atoms. The summed E-state index contributed by atoms with van der Waals surface area (Å²) in [5, 5.41) is 2.35. The van der Waals surface area contributed by atoms with Crippen LogP contribution in [0.15, 0.2) is 51.7 Å². The van der Waals surface area contributed by atoms with Crippen LogP contribution in [0, 0.1) is 13.8 Å². The van der Waals surface area contributed by atoms with E-state index >= 15 is 0 Å². The molecule has 2 aromatic carbocycles. The van der Waals surface area contributed by atoms with Crippen LogP contribution in [0.5, 0.6) is 0 Å². The van der Waals surface area contributed by atoms with Crippen LogP contribution in [0.25, 0.3) is 10.8 Å². The molecule has 0 spiro atoms. The molecule has 4 heteroatoms. The standard InChI is InChI=1S/C17H15BrN2O/c1-11-16(18)12(2)20(17(21)19-11)10-14-8-5-7-13-6-3-4-9-15(13)14/h3-9H,10H2,1-2H3. The SMILES string of the molecule is Cc1nc(=O)n(Cc2cccc3ccccc23)c(C)c1Br. The van der Waals surface area contributed by atoms with E-state index in [1.165, 1.54) is 10.8 Å². The number of hydrogen-bond acceptors (Lipinski definition) is 2. The predicted octanol–water partition coefficient (Wildman–Crippen LogP) is 3.82. The molecule has 3 rings (SSSR count). The lowest BCUT2D eigenvalue weighted by Gasteiger charge is -2.13. The van der Waals surface area contributed by atoms with Gasteiger partial charge in [0.2, 0.25) is 0 Å². The summed E-state index contributed by atoms with van der Waals surface area (Å²) in [6, 6.07) is 14.4. The molecule has 0 unspecified atom stereocenters. The number of hydrogen-bond donors (Lipinski definition) is 0. The molecule has 0 aliphatic heterocycles. The second-order valence-corrected chi connectivity index (χ2v) is 5.90. The molecule has 0 amide bonds. The number of aryl methyl sites for hydroxylation is 1. The first-order valence-electron chi connectivity index (χ1n) is 6.78. The van der Waals surface area contributed by atoms with Gasteiger partial charge < -0.3 is 0 Å². The van der Waals surface area contributed by atoms with Gasteiger partial charge in [0.1, 0.15) is 0 Å². The average Bonchev–Trinajstić information content (AvgIpc) is 2.49. The quantitative estimate of drug-likeness (QED) is 0.709. The Hall–Kier alpha value is -1.94. The van der Waals surface area contributed by atoms with E-state index in [0.717, 1.165) is 21.4 Å². The van der Waals surface area contributed by atoms with Gasteiger partial charge in [-0.15, -0.1) is 0 Å². The van der Waals surface area contributed by atoms with Crippen molar-refractivity contribution in [3.05, 3.63) is 74.4 Å². The number of halogens is 1. The van der Waals surface area contributed by atoms with Crippen LogP contribution in [0.4, 0.5) is 0 Å². The Labute approximate surface area is 131 Å². The summed E-state index contributed by atoms with van der Waals surface area (Å²) in [7, 11) is 0. The van der Waals surface area contributed by atoms with Crippen LogP contribution in [0.3, 0.4) is 0 Å². The highest BCUT2D eigenvalue weighted by atomic mass is 79.9. The van der Waals surface area contributed by atoms with E-state index in [2.05, 4.69) is 45.2 Å². The topological polar surface area (TPSA) is 34.9 Å². The van der Waals surface area contributed by atoms with Gasteiger partial charge >= 0.3 is 5.69 Å². The van der Waals surface area contributed by atoms with E-state index < -0.39 is 0 Å². The molecule has 0 radical (unpaired) electrons. The summed E-state index contributed by atoms with van der Waals surface area (Å²) in [5.41, 5.74) is 2.55. The van der Waals surface area contributed by atoms with E-state index in [9.17, 15) is 4.79 Å². The van der Waals surface area contributed by atoms with Crippen molar-refractivity contribution in [3.8, 4) is 0 Å². The van der Waals surface area contributed by atoms with E-state index in [1.54, 1.807) is 4.57 Å². The third-order valence-corrected chi connectivity index (χ3v) is 4.89. The Morgan fingerprint density at radius 1 is 1.10 bits per heavy atom. The predicted molar refractivity (Wildman–Crippen MR) is 88.7 cm³/mol. The maximum Gasteiger partial charge on any atom is 0.348 e.